The number of rotatable bonds is 9. The highest BCUT2D eigenvalue weighted by atomic mass is 16.5. The number of carbonyl (C=O) groups excluding carboxylic acids is 2. The summed E-state index contributed by atoms with van der Waals surface area (Å²) in [7, 11) is 6.47. The van der Waals surface area contributed by atoms with Crippen LogP contribution in [0.1, 0.15) is 16.9 Å². The van der Waals surface area contributed by atoms with E-state index in [9.17, 15) is 9.59 Å². The van der Waals surface area contributed by atoms with E-state index < -0.39 is 11.9 Å². The first-order valence-corrected chi connectivity index (χ1v) is 11.8. The lowest BCUT2D eigenvalue weighted by Gasteiger charge is -2.30. The predicted octanol–water partition coefficient (Wildman–Crippen LogP) is 1.68. The zero-order valence-corrected chi connectivity index (χ0v) is 20.8. The van der Waals surface area contributed by atoms with Gasteiger partial charge in [0.05, 0.1) is 56.4 Å². The molecular formula is C25H26BN7O5. The Morgan fingerprint density at radius 3 is 2.66 bits per heavy atom. The van der Waals surface area contributed by atoms with Crippen LogP contribution in [-0.4, -0.2) is 80.5 Å². The average molecular weight is 515 g/mol. The fourth-order valence-electron chi connectivity index (χ4n) is 3.77. The molecule has 0 bridgehead atoms. The molecule has 0 aliphatic carbocycles. The Labute approximate surface area is 220 Å². The number of carbonyl (C=O) groups is 2. The Kier molecular flexibility index (Phi) is 8.83. The lowest BCUT2D eigenvalue weighted by molar-refractivity contribution is -0.132. The van der Waals surface area contributed by atoms with Crippen LogP contribution in [0.5, 0.6) is 5.75 Å². The van der Waals surface area contributed by atoms with Crippen LogP contribution in [0.2, 0.25) is 0 Å². The Bertz CT molecular complexity index is 1310. The number of nitrogens with two attached hydrogens (primary N) is 1. The van der Waals surface area contributed by atoms with Crippen molar-refractivity contribution in [3.63, 3.8) is 0 Å². The van der Waals surface area contributed by atoms with Gasteiger partial charge in [0, 0.05) is 31.3 Å². The van der Waals surface area contributed by atoms with E-state index >= 15 is 0 Å². The van der Waals surface area contributed by atoms with E-state index in [1.807, 2.05) is 6.07 Å². The number of aromatic nitrogens is 3. The monoisotopic (exact) mass is 515 g/mol. The normalized spacial score (nSPS) is 13.6. The number of nitrogens with one attached hydrogen (secondary N) is 1. The number of methoxy groups -OCH3 is 1. The van der Waals surface area contributed by atoms with E-state index in [0.717, 1.165) is 5.69 Å². The first-order valence-electron chi connectivity index (χ1n) is 11.8. The Hall–Kier alpha value is -4.52. The molecule has 3 N–H and O–H groups in total. The lowest BCUT2D eigenvalue weighted by atomic mass is 10.1. The highest BCUT2D eigenvalue weighted by Crippen LogP contribution is 2.27. The topological polar surface area (TPSA) is 154 Å². The first kappa shape index (κ1) is 26.5. The summed E-state index contributed by atoms with van der Waals surface area (Å²) in [4.78, 5) is 43.0. The second-order valence-corrected chi connectivity index (χ2v) is 8.13. The molecule has 4 rings (SSSR count). The van der Waals surface area contributed by atoms with E-state index in [2.05, 4.69) is 34.8 Å². The van der Waals surface area contributed by atoms with Crippen LogP contribution in [0.4, 0.5) is 17.2 Å². The van der Waals surface area contributed by atoms with E-state index in [0.29, 0.717) is 49.0 Å². The van der Waals surface area contributed by atoms with Gasteiger partial charge in [-0.2, -0.15) is 0 Å². The molecule has 1 aliphatic heterocycles. The summed E-state index contributed by atoms with van der Waals surface area (Å²) in [6, 6.07) is 8.85. The minimum atomic E-state index is -0.603. The van der Waals surface area contributed by atoms with Crippen molar-refractivity contribution in [1.29, 1.82) is 0 Å². The molecule has 194 valence electrons. The molecule has 1 saturated heterocycles. The second kappa shape index (κ2) is 12.6. The van der Waals surface area contributed by atoms with Crippen molar-refractivity contribution in [1.82, 2.24) is 15.0 Å². The standard InChI is InChI=1S/C25H26BN7O5/c1-36-25(35)18(32-26)7-11-38-17-4-2-16(3-5-17)19-15-29-23(27)22(30-19)24(34)31-20-14-28-8-6-21(20)33-9-12-37-13-10-33/h2-6,8,14-15H,7,9-13H2,1H3,(H2,27,29)(H,31,34). The predicted molar refractivity (Wildman–Crippen MR) is 142 cm³/mol. The van der Waals surface area contributed by atoms with E-state index in [-0.39, 0.29) is 30.3 Å². The third-order valence-electron chi connectivity index (χ3n) is 5.75. The van der Waals surface area contributed by atoms with Gasteiger partial charge < -0.3 is 35.1 Å². The second-order valence-electron chi connectivity index (χ2n) is 8.13. The van der Waals surface area contributed by atoms with Gasteiger partial charge >= 0.3 is 5.97 Å². The van der Waals surface area contributed by atoms with E-state index in [1.54, 1.807) is 36.7 Å². The largest absolute Gasteiger partial charge is 0.493 e. The van der Waals surface area contributed by atoms with Crippen LogP contribution in [0, 0.1) is 0 Å². The highest BCUT2D eigenvalue weighted by molar-refractivity contribution is 6.40. The number of nitrogen functional groups attached to an aromatic ring is 1. The molecule has 0 atom stereocenters. The average Bonchev–Trinajstić information content (AvgIpc) is 2.96. The fourth-order valence-corrected chi connectivity index (χ4v) is 3.77. The first-order chi connectivity index (χ1) is 18.5. The van der Waals surface area contributed by atoms with Gasteiger partial charge in [0.15, 0.2) is 11.5 Å². The molecule has 12 nitrogen and oxygen atoms in total. The number of ether oxygens (including phenoxy) is 3. The summed E-state index contributed by atoms with van der Waals surface area (Å²) in [6.07, 6.45) is 4.94. The van der Waals surface area contributed by atoms with Gasteiger partial charge in [0.1, 0.15) is 11.5 Å². The SMILES string of the molecule is [B]N=C(CCOc1ccc(-c2cnc(N)c(C(=O)Nc3cnccc3N3CCOCC3)n2)cc1)C(=O)OC. The molecule has 1 amide bonds. The summed E-state index contributed by atoms with van der Waals surface area (Å²) < 4.78 is 15.7. The number of anilines is 3. The quantitative estimate of drug-likeness (QED) is 0.244. The van der Waals surface area contributed by atoms with Crippen LogP contribution in [-0.2, 0) is 14.3 Å². The molecule has 2 aromatic heterocycles. The van der Waals surface area contributed by atoms with Crippen molar-refractivity contribution in [3.05, 3.63) is 54.6 Å². The van der Waals surface area contributed by atoms with Gasteiger partial charge in [-0.3, -0.25) is 9.78 Å². The summed E-state index contributed by atoms with van der Waals surface area (Å²) in [5.74, 6) is -0.536. The van der Waals surface area contributed by atoms with Gasteiger partial charge in [0.25, 0.3) is 13.9 Å². The number of nitrogens with zero attached hydrogens (tertiary/aromatic N) is 5. The third-order valence-corrected chi connectivity index (χ3v) is 5.75. The lowest BCUT2D eigenvalue weighted by Crippen LogP contribution is -2.36. The zero-order valence-electron chi connectivity index (χ0n) is 20.8. The molecule has 3 heterocycles. The number of pyridine rings is 1. The van der Waals surface area contributed by atoms with Crippen LogP contribution >= 0.6 is 0 Å². The Balaban J connectivity index is 1.44. The van der Waals surface area contributed by atoms with Gasteiger partial charge in [0.2, 0.25) is 0 Å². The fraction of sp³-hybridized carbons (Fsp3) is 0.280. The Morgan fingerprint density at radius 2 is 1.95 bits per heavy atom. The summed E-state index contributed by atoms with van der Waals surface area (Å²) in [5, 5.41) is 2.86. The molecule has 38 heavy (non-hydrogen) atoms. The summed E-state index contributed by atoms with van der Waals surface area (Å²) in [6.45, 7) is 2.80. The maximum atomic E-state index is 13.1. The minimum Gasteiger partial charge on any atom is -0.493 e. The van der Waals surface area contributed by atoms with Crippen molar-refractivity contribution >= 4 is 42.8 Å². The number of hydrogen-bond donors (Lipinski definition) is 2. The van der Waals surface area contributed by atoms with Gasteiger partial charge in [-0.05, 0) is 30.3 Å². The maximum absolute atomic E-state index is 13.1. The van der Waals surface area contributed by atoms with Crippen LogP contribution in [0.3, 0.4) is 0 Å². The molecule has 1 aromatic carbocycles. The van der Waals surface area contributed by atoms with Gasteiger partial charge in [-0.1, -0.05) is 0 Å². The van der Waals surface area contributed by atoms with Crippen LogP contribution in [0.25, 0.3) is 11.3 Å². The molecule has 3 aromatic rings. The van der Waals surface area contributed by atoms with Crippen LogP contribution < -0.4 is 20.7 Å². The molecule has 0 saturated carbocycles. The van der Waals surface area contributed by atoms with E-state index in [1.165, 1.54) is 13.3 Å². The third kappa shape index (κ3) is 6.42. The van der Waals surface area contributed by atoms with Crippen molar-refractivity contribution in [2.24, 2.45) is 4.90 Å². The number of esters is 1. The number of morpholine rings is 1. The molecule has 0 unspecified atom stereocenters. The number of amides is 1. The minimum absolute atomic E-state index is 0.00369. The molecule has 2 radical (unpaired) electrons. The maximum Gasteiger partial charge on any atom is 0.350 e. The molecule has 1 fully saturated rings. The number of benzene rings is 1. The van der Waals surface area contributed by atoms with Gasteiger partial charge in [-0.15, -0.1) is 0 Å². The zero-order chi connectivity index (χ0) is 26.9. The van der Waals surface area contributed by atoms with E-state index in [4.69, 9.17) is 23.2 Å². The van der Waals surface area contributed by atoms with Crippen molar-refractivity contribution in [2.75, 3.05) is 56.0 Å². The van der Waals surface area contributed by atoms with Crippen LogP contribution in [0.15, 0.2) is 53.8 Å². The highest BCUT2D eigenvalue weighted by Gasteiger charge is 2.20. The summed E-state index contributed by atoms with van der Waals surface area (Å²) in [5.41, 5.74) is 8.62. The summed E-state index contributed by atoms with van der Waals surface area (Å²) >= 11 is 0. The smallest absolute Gasteiger partial charge is 0.350 e. The molecule has 0 spiro atoms. The number of hydrogen-bond acceptors (Lipinski definition) is 11. The van der Waals surface area contributed by atoms with Crippen molar-refractivity contribution in [2.45, 2.75) is 6.42 Å². The van der Waals surface area contributed by atoms with Gasteiger partial charge in [-0.25, -0.2) is 14.8 Å². The Morgan fingerprint density at radius 1 is 1.18 bits per heavy atom. The molecular weight excluding hydrogens is 489 g/mol. The molecule has 1 aliphatic rings. The van der Waals surface area contributed by atoms with Crippen molar-refractivity contribution in [3.8, 4) is 17.0 Å². The molecule has 13 heteroatoms. The van der Waals surface area contributed by atoms with Crippen molar-refractivity contribution < 1.29 is 23.8 Å².